The van der Waals surface area contributed by atoms with E-state index in [-0.39, 0.29) is 21.9 Å². The summed E-state index contributed by atoms with van der Waals surface area (Å²) in [5.74, 6) is -0.513. The van der Waals surface area contributed by atoms with Gasteiger partial charge in [-0.25, -0.2) is 4.39 Å². The maximum absolute atomic E-state index is 13.5. The molecule has 0 bridgehead atoms. The summed E-state index contributed by atoms with van der Waals surface area (Å²) in [4.78, 5) is 12.7. The summed E-state index contributed by atoms with van der Waals surface area (Å²) in [5, 5.41) is 14.0. The zero-order valence-corrected chi connectivity index (χ0v) is 13.0. The summed E-state index contributed by atoms with van der Waals surface area (Å²) in [7, 11) is 2.04. The van der Waals surface area contributed by atoms with E-state index in [1.165, 1.54) is 18.9 Å². The van der Waals surface area contributed by atoms with Gasteiger partial charge in [0.05, 0.1) is 9.40 Å². The van der Waals surface area contributed by atoms with Crippen LogP contribution in [0.5, 0.6) is 0 Å². The van der Waals surface area contributed by atoms with Gasteiger partial charge in [0.15, 0.2) is 0 Å². The smallest absolute Gasteiger partial charge is 0.293 e. The first-order chi connectivity index (χ1) is 9.40. The van der Waals surface area contributed by atoms with Crippen molar-refractivity contribution in [2.45, 2.75) is 31.8 Å². The van der Waals surface area contributed by atoms with E-state index in [1.54, 1.807) is 0 Å². The Labute approximate surface area is 125 Å². The van der Waals surface area contributed by atoms with Crippen LogP contribution in [0.1, 0.15) is 19.8 Å². The van der Waals surface area contributed by atoms with Gasteiger partial charge in [-0.3, -0.25) is 15.0 Å². The topological polar surface area (TPSA) is 58.4 Å². The van der Waals surface area contributed by atoms with Crippen LogP contribution in [0.25, 0.3) is 0 Å². The molecule has 110 valence electrons. The molecule has 1 saturated carbocycles. The number of nitrogens with one attached hydrogen (secondary N) is 1. The van der Waals surface area contributed by atoms with E-state index in [0.29, 0.717) is 12.6 Å². The second kappa shape index (κ2) is 6.05. The van der Waals surface area contributed by atoms with Gasteiger partial charge in [-0.1, -0.05) is 0 Å². The Morgan fingerprint density at radius 2 is 2.25 bits per heavy atom. The summed E-state index contributed by atoms with van der Waals surface area (Å²) in [5.41, 5.74) is 0.0892. The zero-order valence-electron chi connectivity index (χ0n) is 11.4. The molecule has 1 N–H and O–H groups in total. The third kappa shape index (κ3) is 3.46. The fourth-order valence-corrected chi connectivity index (χ4v) is 2.40. The van der Waals surface area contributed by atoms with Gasteiger partial charge in [-0.05, 0) is 42.7 Å². The third-order valence-electron chi connectivity index (χ3n) is 3.64. The van der Waals surface area contributed by atoms with Crippen molar-refractivity contribution >= 4 is 27.3 Å². The highest BCUT2D eigenvalue weighted by atomic mass is 79.9. The second-order valence-corrected chi connectivity index (χ2v) is 6.02. The minimum absolute atomic E-state index is 0.0953. The maximum atomic E-state index is 13.5. The lowest BCUT2D eigenvalue weighted by Gasteiger charge is -2.25. The minimum Gasteiger partial charge on any atom is -0.378 e. The van der Waals surface area contributed by atoms with Gasteiger partial charge >= 0.3 is 0 Å². The molecule has 1 aliphatic carbocycles. The first-order valence-electron chi connectivity index (χ1n) is 6.49. The van der Waals surface area contributed by atoms with Crippen LogP contribution < -0.4 is 5.32 Å². The molecule has 2 rings (SSSR count). The molecular formula is C13H17BrFN3O2. The van der Waals surface area contributed by atoms with Gasteiger partial charge in [-0.15, -0.1) is 0 Å². The van der Waals surface area contributed by atoms with E-state index in [0.717, 1.165) is 6.07 Å². The third-order valence-corrected chi connectivity index (χ3v) is 4.25. The molecule has 20 heavy (non-hydrogen) atoms. The van der Waals surface area contributed by atoms with Crippen molar-refractivity contribution in [2.75, 3.05) is 18.9 Å². The highest BCUT2D eigenvalue weighted by Crippen LogP contribution is 2.31. The number of hydrogen-bond donors (Lipinski definition) is 1. The predicted molar refractivity (Wildman–Crippen MR) is 79.5 cm³/mol. The summed E-state index contributed by atoms with van der Waals surface area (Å²) in [6.45, 7) is 2.58. The SMILES string of the molecule is CC(CNc1cc(F)c(Br)cc1[N+](=O)[O-])N(C)C1CC1. The highest BCUT2D eigenvalue weighted by Gasteiger charge is 2.29. The molecule has 0 spiro atoms. The van der Waals surface area contributed by atoms with E-state index in [9.17, 15) is 14.5 Å². The van der Waals surface area contributed by atoms with Crippen molar-refractivity contribution in [1.82, 2.24) is 4.90 Å². The second-order valence-electron chi connectivity index (χ2n) is 5.17. The van der Waals surface area contributed by atoms with E-state index in [1.807, 2.05) is 14.0 Å². The Hall–Kier alpha value is -1.21. The molecule has 1 aromatic rings. The monoisotopic (exact) mass is 345 g/mol. The normalized spacial score (nSPS) is 16.2. The Kier molecular flexibility index (Phi) is 4.59. The first kappa shape index (κ1) is 15.2. The van der Waals surface area contributed by atoms with E-state index in [4.69, 9.17) is 0 Å². The summed E-state index contributed by atoms with van der Waals surface area (Å²) in [6.07, 6.45) is 2.40. The first-order valence-corrected chi connectivity index (χ1v) is 7.28. The van der Waals surface area contributed by atoms with Crippen molar-refractivity contribution in [2.24, 2.45) is 0 Å². The molecule has 1 aromatic carbocycles. The highest BCUT2D eigenvalue weighted by molar-refractivity contribution is 9.10. The van der Waals surface area contributed by atoms with Crippen LogP contribution in [0.4, 0.5) is 15.8 Å². The van der Waals surface area contributed by atoms with Crippen LogP contribution in [0, 0.1) is 15.9 Å². The number of rotatable bonds is 6. The van der Waals surface area contributed by atoms with Gasteiger partial charge in [0, 0.05) is 30.8 Å². The number of halogens is 2. The van der Waals surface area contributed by atoms with Crippen molar-refractivity contribution in [3.8, 4) is 0 Å². The number of likely N-dealkylation sites (N-methyl/N-ethyl adjacent to an activating group) is 1. The largest absolute Gasteiger partial charge is 0.378 e. The van der Waals surface area contributed by atoms with E-state index >= 15 is 0 Å². The van der Waals surface area contributed by atoms with Gasteiger partial charge < -0.3 is 5.32 Å². The van der Waals surface area contributed by atoms with Crippen LogP contribution in [0.2, 0.25) is 0 Å². The zero-order chi connectivity index (χ0) is 14.9. The number of nitro groups is 1. The minimum atomic E-state index is -0.513. The van der Waals surface area contributed by atoms with Crippen molar-refractivity contribution in [3.63, 3.8) is 0 Å². The predicted octanol–water partition coefficient (Wildman–Crippen LogP) is 3.39. The summed E-state index contributed by atoms with van der Waals surface area (Å²) < 4.78 is 13.6. The standard InChI is InChI=1S/C13H17BrFN3O2/c1-8(17(2)9-3-4-9)7-16-12-6-11(15)10(14)5-13(12)18(19)20/h5-6,8-9,16H,3-4,7H2,1-2H3. The number of hydrogen-bond acceptors (Lipinski definition) is 4. The molecule has 0 saturated heterocycles. The Bertz CT molecular complexity index is 523. The molecule has 0 amide bonds. The van der Waals surface area contributed by atoms with Gasteiger partial charge in [0.25, 0.3) is 5.69 Å². The molecule has 1 fully saturated rings. The molecule has 1 atom stereocenters. The molecular weight excluding hydrogens is 329 g/mol. The number of nitro benzene ring substituents is 1. The van der Waals surface area contributed by atoms with Crippen LogP contribution in [0.3, 0.4) is 0 Å². The van der Waals surface area contributed by atoms with Crippen LogP contribution in [0.15, 0.2) is 16.6 Å². The molecule has 0 radical (unpaired) electrons. The van der Waals surface area contributed by atoms with Crippen molar-refractivity contribution in [3.05, 3.63) is 32.5 Å². The summed E-state index contributed by atoms with van der Waals surface area (Å²) in [6, 6.07) is 3.19. The molecule has 0 aliphatic heterocycles. The lowest BCUT2D eigenvalue weighted by atomic mass is 10.2. The van der Waals surface area contributed by atoms with Gasteiger partial charge in [0.2, 0.25) is 0 Å². The lowest BCUT2D eigenvalue weighted by Crippen LogP contribution is -2.36. The number of anilines is 1. The quantitative estimate of drug-likeness (QED) is 0.634. The molecule has 5 nitrogen and oxygen atoms in total. The molecule has 7 heteroatoms. The van der Waals surface area contributed by atoms with Crippen LogP contribution in [-0.4, -0.2) is 35.5 Å². The number of nitrogens with zero attached hydrogens (tertiary/aromatic N) is 2. The van der Waals surface area contributed by atoms with Crippen molar-refractivity contribution in [1.29, 1.82) is 0 Å². The van der Waals surface area contributed by atoms with Crippen LogP contribution >= 0.6 is 15.9 Å². The fourth-order valence-electron chi connectivity index (χ4n) is 2.07. The number of benzene rings is 1. The Morgan fingerprint density at radius 1 is 1.60 bits per heavy atom. The maximum Gasteiger partial charge on any atom is 0.293 e. The lowest BCUT2D eigenvalue weighted by molar-refractivity contribution is -0.384. The molecule has 1 aliphatic rings. The van der Waals surface area contributed by atoms with Crippen molar-refractivity contribution < 1.29 is 9.31 Å². The van der Waals surface area contributed by atoms with Gasteiger partial charge in [0.1, 0.15) is 11.5 Å². The Balaban J connectivity index is 2.07. The Morgan fingerprint density at radius 3 is 2.80 bits per heavy atom. The average molecular weight is 346 g/mol. The van der Waals surface area contributed by atoms with E-state index in [2.05, 4.69) is 26.1 Å². The molecule has 1 unspecified atom stereocenters. The molecule has 0 aromatic heterocycles. The summed E-state index contributed by atoms with van der Waals surface area (Å²) >= 11 is 2.96. The van der Waals surface area contributed by atoms with Crippen LogP contribution in [-0.2, 0) is 0 Å². The fraction of sp³-hybridized carbons (Fsp3) is 0.538. The van der Waals surface area contributed by atoms with Gasteiger partial charge in [-0.2, -0.15) is 0 Å². The molecule has 0 heterocycles. The average Bonchev–Trinajstić information content (AvgIpc) is 3.22. The van der Waals surface area contributed by atoms with E-state index < -0.39 is 10.7 Å².